The van der Waals surface area contributed by atoms with E-state index in [0.717, 1.165) is 17.6 Å². The number of carboxylic acids is 1. The van der Waals surface area contributed by atoms with Gasteiger partial charge in [0.1, 0.15) is 11.6 Å². The van der Waals surface area contributed by atoms with E-state index in [9.17, 15) is 9.18 Å². The second-order valence-electron chi connectivity index (χ2n) is 4.39. The Morgan fingerprint density at radius 1 is 1.33 bits per heavy atom. The topological polar surface area (TPSA) is 77.2 Å². The van der Waals surface area contributed by atoms with Crippen molar-refractivity contribution in [3.63, 3.8) is 0 Å². The summed E-state index contributed by atoms with van der Waals surface area (Å²) in [6.07, 6.45) is 3.18. The number of benzene rings is 1. The molecule has 0 unspecified atom stereocenters. The van der Waals surface area contributed by atoms with Crippen LogP contribution in [0.25, 0.3) is 11.0 Å². The lowest BCUT2D eigenvalue weighted by molar-refractivity contribution is 0.0692. The highest BCUT2D eigenvalue weighted by atomic mass is 19.1. The highest BCUT2D eigenvalue weighted by Gasteiger charge is 2.13. The molecule has 2 heterocycles. The summed E-state index contributed by atoms with van der Waals surface area (Å²) in [5, 5.41) is 8.78. The number of fused-ring (bicyclic) bond motifs is 1. The van der Waals surface area contributed by atoms with Crippen LogP contribution in [0, 0.1) is 5.82 Å². The molecule has 0 aliphatic carbocycles. The maximum Gasteiger partial charge on any atom is 0.338 e. The van der Waals surface area contributed by atoms with Gasteiger partial charge in [-0.1, -0.05) is 0 Å². The van der Waals surface area contributed by atoms with Gasteiger partial charge >= 0.3 is 5.97 Å². The molecule has 7 heteroatoms. The van der Waals surface area contributed by atoms with E-state index < -0.39 is 17.3 Å². The number of aromatic carboxylic acids is 1. The highest BCUT2D eigenvalue weighted by molar-refractivity contribution is 5.88. The van der Waals surface area contributed by atoms with Crippen LogP contribution in [-0.2, 0) is 7.05 Å². The largest absolute Gasteiger partial charge is 0.478 e. The highest BCUT2D eigenvalue weighted by Crippen LogP contribution is 2.27. The fourth-order valence-corrected chi connectivity index (χ4v) is 1.96. The Kier molecular flexibility index (Phi) is 3.02. The zero-order valence-corrected chi connectivity index (χ0v) is 10.9. The molecule has 1 aromatic carbocycles. The Morgan fingerprint density at radius 3 is 2.86 bits per heavy atom. The minimum Gasteiger partial charge on any atom is -0.478 e. The number of aryl methyl sites for hydroxylation is 1. The quantitative estimate of drug-likeness (QED) is 0.801. The number of rotatable bonds is 3. The number of carbonyl (C=O) groups is 1. The fraction of sp³-hybridized carbons (Fsp3) is 0.0714. The van der Waals surface area contributed by atoms with Crippen LogP contribution in [0.5, 0.6) is 11.6 Å². The van der Waals surface area contributed by atoms with Crippen molar-refractivity contribution in [1.29, 1.82) is 0 Å². The second kappa shape index (κ2) is 4.86. The molecule has 3 rings (SSSR count). The van der Waals surface area contributed by atoms with Crippen molar-refractivity contribution >= 4 is 17.0 Å². The van der Waals surface area contributed by atoms with Gasteiger partial charge in [0.15, 0.2) is 5.52 Å². The van der Waals surface area contributed by atoms with Gasteiger partial charge in [-0.15, -0.1) is 0 Å². The van der Waals surface area contributed by atoms with Crippen LogP contribution in [-0.4, -0.2) is 25.6 Å². The molecule has 0 spiro atoms. The molecular weight excluding hydrogens is 277 g/mol. The lowest BCUT2D eigenvalue weighted by atomic mass is 10.2. The number of carboxylic acid groups (broad SMARTS) is 1. The van der Waals surface area contributed by atoms with Gasteiger partial charge in [-0.25, -0.2) is 19.2 Å². The van der Waals surface area contributed by atoms with Gasteiger partial charge in [0.25, 0.3) is 0 Å². The lowest BCUT2D eigenvalue weighted by Gasteiger charge is -2.06. The Balaban J connectivity index is 1.99. The molecule has 2 aromatic heterocycles. The van der Waals surface area contributed by atoms with Crippen molar-refractivity contribution in [2.45, 2.75) is 0 Å². The first-order valence-corrected chi connectivity index (χ1v) is 6.03. The summed E-state index contributed by atoms with van der Waals surface area (Å²) in [5.74, 6) is -1.81. The van der Waals surface area contributed by atoms with Gasteiger partial charge in [0, 0.05) is 19.3 Å². The SMILES string of the molecule is Cn1cnc2c(Oc3ccc(C(=O)O)c(F)c3)nccc21. The molecule has 3 aromatic rings. The van der Waals surface area contributed by atoms with Gasteiger partial charge in [-0.3, -0.25) is 0 Å². The molecule has 6 nitrogen and oxygen atoms in total. The monoisotopic (exact) mass is 287 g/mol. The number of pyridine rings is 1. The normalized spacial score (nSPS) is 10.8. The number of hydrogen-bond donors (Lipinski definition) is 1. The molecule has 0 amide bonds. The van der Waals surface area contributed by atoms with E-state index in [1.165, 1.54) is 6.07 Å². The van der Waals surface area contributed by atoms with Crippen molar-refractivity contribution in [2.24, 2.45) is 7.05 Å². The molecule has 21 heavy (non-hydrogen) atoms. The number of hydrogen-bond acceptors (Lipinski definition) is 4. The smallest absolute Gasteiger partial charge is 0.338 e. The summed E-state index contributed by atoms with van der Waals surface area (Å²) in [4.78, 5) is 19.0. The Hall–Kier alpha value is -2.96. The first-order chi connectivity index (χ1) is 10.1. The average molecular weight is 287 g/mol. The van der Waals surface area contributed by atoms with Crippen LogP contribution in [0.4, 0.5) is 4.39 Å². The summed E-state index contributed by atoms with van der Waals surface area (Å²) in [6, 6.07) is 5.30. The summed E-state index contributed by atoms with van der Waals surface area (Å²) < 4.78 is 20.9. The molecule has 0 aliphatic heterocycles. The summed E-state index contributed by atoms with van der Waals surface area (Å²) in [7, 11) is 1.83. The van der Waals surface area contributed by atoms with E-state index >= 15 is 0 Å². The van der Waals surface area contributed by atoms with Crippen LogP contribution in [0.15, 0.2) is 36.8 Å². The van der Waals surface area contributed by atoms with E-state index in [1.807, 2.05) is 7.05 Å². The van der Waals surface area contributed by atoms with E-state index in [-0.39, 0.29) is 11.6 Å². The van der Waals surface area contributed by atoms with E-state index in [1.54, 1.807) is 23.2 Å². The van der Waals surface area contributed by atoms with Crippen molar-refractivity contribution < 1.29 is 19.0 Å². The minimum atomic E-state index is -1.33. The molecule has 0 fully saturated rings. The van der Waals surface area contributed by atoms with Crippen molar-refractivity contribution in [2.75, 3.05) is 0 Å². The number of aromatic nitrogens is 3. The fourth-order valence-electron chi connectivity index (χ4n) is 1.96. The number of nitrogens with zero attached hydrogens (tertiary/aromatic N) is 3. The lowest BCUT2D eigenvalue weighted by Crippen LogP contribution is -2.00. The summed E-state index contributed by atoms with van der Waals surface area (Å²) in [6.45, 7) is 0. The third-order valence-corrected chi connectivity index (χ3v) is 2.99. The third kappa shape index (κ3) is 2.29. The second-order valence-corrected chi connectivity index (χ2v) is 4.39. The summed E-state index contributed by atoms with van der Waals surface area (Å²) in [5.41, 5.74) is 0.955. The van der Waals surface area contributed by atoms with Crippen LogP contribution in [0.3, 0.4) is 0 Å². The van der Waals surface area contributed by atoms with Gasteiger partial charge in [0.2, 0.25) is 5.88 Å². The molecule has 106 valence electrons. The van der Waals surface area contributed by atoms with Crippen LogP contribution in [0.1, 0.15) is 10.4 Å². The predicted molar refractivity (Wildman–Crippen MR) is 71.9 cm³/mol. The van der Waals surface area contributed by atoms with Gasteiger partial charge in [-0.05, 0) is 18.2 Å². The predicted octanol–water partition coefficient (Wildman–Crippen LogP) is 2.60. The standard InChI is InChI=1S/C14H10FN3O3/c1-18-7-17-12-11(18)4-5-16-13(12)21-8-2-3-9(14(19)20)10(15)6-8/h2-7H,1H3,(H,19,20). The molecule has 0 aliphatic rings. The third-order valence-electron chi connectivity index (χ3n) is 2.99. The number of ether oxygens (including phenoxy) is 1. The van der Waals surface area contributed by atoms with Crippen molar-refractivity contribution in [3.05, 3.63) is 48.2 Å². The molecule has 0 saturated carbocycles. The maximum absolute atomic E-state index is 13.6. The van der Waals surface area contributed by atoms with Gasteiger partial charge in [0.05, 0.1) is 17.4 Å². The Bertz CT molecular complexity index is 845. The van der Waals surface area contributed by atoms with Crippen LogP contribution in [0.2, 0.25) is 0 Å². The molecule has 0 saturated heterocycles. The van der Waals surface area contributed by atoms with Crippen molar-refractivity contribution in [3.8, 4) is 11.6 Å². The molecule has 0 atom stereocenters. The van der Waals surface area contributed by atoms with Crippen molar-refractivity contribution in [1.82, 2.24) is 14.5 Å². The first kappa shape index (κ1) is 13.0. The molecule has 0 radical (unpaired) electrons. The van der Waals surface area contributed by atoms with Gasteiger partial charge < -0.3 is 14.4 Å². The Labute approximate surface area is 118 Å². The Morgan fingerprint density at radius 2 is 2.14 bits per heavy atom. The van der Waals surface area contributed by atoms with E-state index in [2.05, 4.69) is 9.97 Å². The van der Waals surface area contributed by atoms with E-state index in [4.69, 9.17) is 9.84 Å². The molecule has 1 N–H and O–H groups in total. The van der Waals surface area contributed by atoms with Crippen LogP contribution < -0.4 is 4.74 Å². The zero-order chi connectivity index (χ0) is 15.0. The minimum absolute atomic E-state index is 0.156. The molecular formula is C14H10FN3O3. The van der Waals surface area contributed by atoms with Crippen LogP contribution >= 0.6 is 0 Å². The number of halogens is 1. The molecule has 0 bridgehead atoms. The van der Waals surface area contributed by atoms with Gasteiger partial charge in [-0.2, -0.15) is 0 Å². The zero-order valence-electron chi connectivity index (χ0n) is 10.9. The average Bonchev–Trinajstić information content (AvgIpc) is 2.81. The summed E-state index contributed by atoms with van der Waals surface area (Å²) >= 11 is 0. The first-order valence-electron chi connectivity index (χ1n) is 6.03. The maximum atomic E-state index is 13.6. The number of imidazole rings is 1. The van der Waals surface area contributed by atoms with E-state index in [0.29, 0.717) is 5.52 Å².